The molecule has 18 heavy (non-hydrogen) atoms. The fourth-order valence-electron chi connectivity index (χ4n) is 2.24. The lowest BCUT2D eigenvalue weighted by molar-refractivity contribution is 0.0984. The average molecular weight is 242 g/mol. The molecule has 0 unspecified atom stereocenters. The Balaban J connectivity index is 1.99. The monoisotopic (exact) mass is 242 g/mol. The third kappa shape index (κ3) is 1.66. The molecular weight excluding hydrogens is 231 g/mol. The van der Waals surface area contributed by atoms with Gasteiger partial charge in [-0.05, 0) is 30.2 Å². The smallest absolute Gasteiger partial charge is 0.262 e. The lowest BCUT2D eigenvalue weighted by Crippen LogP contribution is -2.29. The predicted octanol–water partition coefficient (Wildman–Crippen LogP) is 2.42. The molecule has 0 atom stereocenters. The lowest BCUT2D eigenvalue weighted by Gasteiger charge is -2.17. The van der Waals surface area contributed by atoms with Crippen LogP contribution in [0.3, 0.4) is 0 Å². The standard InChI is InChI=1S/C14H11FN2O/c15-13-11(5-3-8-16-13)14(18)17-9-7-10-4-1-2-6-12(10)17/h1-6,8H,7,9H2. The molecule has 0 saturated heterocycles. The molecule has 1 amide bonds. The summed E-state index contributed by atoms with van der Waals surface area (Å²) in [5.41, 5.74) is 2.01. The molecule has 2 heterocycles. The van der Waals surface area contributed by atoms with E-state index in [0.29, 0.717) is 6.54 Å². The molecule has 3 nitrogen and oxygen atoms in total. The van der Waals surface area contributed by atoms with Gasteiger partial charge in [-0.15, -0.1) is 0 Å². The van der Waals surface area contributed by atoms with Crippen LogP contribution in [0, 0.1) is 5.95 Å². The second-order valence-electron chi connectivity index (χ2n) is 4.18. The molecule has 90 valence electrons. The van der Waals surface area contributed by atoms with Crippen LogP contribution in [0.1, 0.15) is 15.9 Å². The Kier molecular flexibility index (Phi) is 2.55. The van der Waals surface area contributed by atoms with Gasteiger partial charge in [0.15, 0.2) is 0 Å². The highest BCUT2D eigenvalue weighted by atomic mass is 19.1. The van der Waals surface area contributed by atoms with E-state index in [9.17, 15) is 9.18 Å². The van der Waals surface area contributed by atoms with E-state index in [-0.39, 0.29) is 11.5 Å². The number of amides is 1. The van der Waals surface area contributed by atoms with Gasteiger partial charge in [-0.25, -0.2) is 4.98 Å². The summed E-state index contributed by atoms with van der Waals surface area (Å²) >= 11 is 0. The van der Waals surface area contributed by atoms with Crippen LogP contribution in [0.5, 0.6) is 0 Å². The molecule has 1 aliphatic heterocycles. The Morgan fingerprint density at radius 2 is 2.06 bits per heavy atom. The summed E-state index contributed by atoms with van der Waals surface area (Å²) in [4.78, 5) is 17.4. The molecule has 4 heteroatoms. The fraction of sp³-hybridized carbons (Fsp3) is 0.143. The van der Waals surface area contributed by atoms with Gasteiger partial charge in [0.25, 0.3) is 5.91 Å². The SMILES string of the molecule is O=C(c1cccnc1F)N1CCc2ccccc21. The maximum Gasteiger partial charge on any atom is 0.262 e. The zero-order valence-electron chi connectivity index (χ0n) is 9.64. The van der Waals surface area contributed by atoms with Crippen molar-refractivity contribution in [3.8, 4) is 0 Å². The van der Waals surface area contributed by atoms with Crippen molar-refractivity contribution in [1.82, 2.24) is 4.98 Å². The van der Waals surface area contributed by atoms with Gasteiger partial charge in [-0.1, -0.05) is 18.2 Å². The van der Waals surface area contributed by atoms with E-state index in [1.807, 2.05) is 24.3 Å². The highest BCUT2D eigenvalue weighted by Gasteiger charge is 2.26. The van der Waals surface area contributed by atoms with Crippen molar-refractivity contribution in [3.63, 3.8) is 0 Å². The summed E-state index contributed by atoms with van der Waals surface area (Å²) in [6, 6.07) is 10.7. The summed E-state index contributed by atoms with van der Waals surface area (Å²) in [6.07, 6.45) is 2.15. The highest BCUT2D eigenvalue weighted by Crippen LogP contribution is 2.28. The number of benzene rings is 1. The number of nitrogens with zero attached hydrogens (tertiary/aromatic N) is 2. The first-order valence-corrected chi connectivity index (χ1v) is 5.77. The van der Waals surface area contributed by atoms with Crippen LogP contribution in [0.15, 0.2) is 42.6 Å². The number of carbonyl (C=O) groups excluding carboxylic acids is 1. The van der Waals surface area contributed by atoms with Crippen LogP contribution in [0.25, 0.3) is 0 Å². The quantitative estimate of drug-likeness (QED) is 0.719. The van der Waals surface area contributed by atoms with Crippen molar-refractivity contribution in [2.45, 2.75) is 6.42 Å². The van der Waals surface area contributed by atoms with Crippen molar-refractivity contribution in [3.05, 3.63) is 59.7 Å². The summed E-state index contributed by atoms with van der Waals surface area (Å²) in [5.74, 6) is -1.04. The molecule has 1 aliphatic rings. The Bertz CT molecular complexity index is 612. The van der Waals surface area contributed by atoms with Gasteiger partial charge in [-0.3, -0.25) is 4.79 Å². The van der Waals surface area contributed by atoms with Gasteiger partial charge in [-0.2, -0.15) is 4.39 Å². The number of fused-ring (bicyclic) bond motifs is 1. The summed E-state index contributed by atoms with van der Waals surface area (Å²) in [5, 5.41) is 0. The molecule has 0 saturated carbocycles. The number of aromatic nitrogens is 1. The Hall–Kier alpha value is -2.23. The molecular formula is C14H11FN2O. The number of rotatable bonds is 1. The number of para-hydroxylation sites is 1. The largest absolute Gasteiger partial charge is 0.308 e. The van der Waals surface area contributed by atoms with Gasteiger partial charge in [0.2, 0.25) is 5.95 Å². The van der Waals surface area contributed by atoms with E-state index < -0.39 is 5.95 Å². The number of hydrogen-bond donors (Lipinski definition) is 0. The van der Waals surface area contributed by atoms with Crippen LogP contribution in [0.2, 0.25) is 0 Å². The van der Waals surface area contributed by atoms with E-state index in [4.69, 9.17) is 0 Å². The summed E-state index contributed by atoms with van der Waals surface area (Å²) in [6.45, 7) is 0.590. The van der Waals surface area contributed by atoms with Gasteiger partial charge in [0, 0.05) is 18.4 Å². The molecule has 2 aromatic rings. The second-order valence-corrected chi connectivity index (χ2v) is 4.18. The minimum Gasteiger partial charge on any atom is -0.308 e. The Morgan fingerprint density at radius 1 is 1.22 bits per heavy atom. The fourth-order valence-corrected chi connectivity index (χ4v) is 2.24. The Labute approximate surface area is 104 Å². The van der Waals surface area contributed by atoms with Crippen molar-refractivity contribution >= 4 is 11.6 Å². The van der Waals surface area contributed by atoms with Crippen LogP contribution in [-0.4, -0.2) is 17.4 Å². The van der Waals surface area contributed by atoms with Gasteiger partial charge in [0.1, 0.15) is 0 Å². The van der Waals surface area contributed by atoms with E-state index >= 15 is 0 Å². The predicted molar refractivity (Wildman–Crippen MR) is 66.0 cm³/mol. The molecule has 3 rings (SSSR count). The zero-order chi connectivity index (χ0) is 12.5. The average Bonchev–Trinajstić information content (AvgIpc) is 2.82. The number of hydrogen-bond acceptors (Lipinski definition) is 2. The number of carbonyl (C=O) groups is 1. The van der Waals surface area contributed by atoms with Crippen molar-refractivity contribution in [2.75, 3.05) is 11.4 Å². The van der Waals surface area contributed by atoms with Gasteiger partial charge in [0.05, 0.1) is 5.56 Å². The maximum atomic E-state index is 13.5. The lowest BCUT2D eigenvalue weighted by atomic mass is 10.2. The van der Waals surface area contributed by atoms with Crippen molar-refractivity contribution in [2.24, 2.45) is 0 Å². The molecule has 1 aromatic heterocycles. The van der Waals surface area contributed by atoms with E-state index in [2.05, 4.69) is 4.98 Å². The maximum absolute atomic E-state index is 13.5. The highest BCUT2D eigenvalue weighted by molar-refractivity contribution is 6.07. The second kappa shape index (κ2) is 4.22. The third-order valence-electron chi connectivity index (χ3n) is 3.12. The molecule has 0 radical (unpaired) electrons. The minimum absolute atomic E-state index is 0.0224. The number of halogens is 1. The van der Waals surface area contributed by atoms with Gasteiger partial charge >= 0.3 is 0 Å². The molecule has 1 aromatic carbocycles. The number of pyridine rings is 1. The summed E-state index contributed by atoms with van der Waals surface area (Å²) < 4.78 is 13.5. The van der Waals surface area contributed by atoms with Crippen molar-refractivity contribution < 1.29 is 9.18 Å². The first-order chi connectivity index (χ1) is 8.77. The van der Waals surface area contributed by atoms with Crippen molar-refractivity contribution in [1.29, 1.82) is 0 Å². The van der Waals surface area contributed by atoms with E-state index in [1.165, 1.54) is 12.3 Å². The van der Waals surface area contributed by atoms with Crippen LogP contribution in [-0.2, 0) is 6.42 Å². The molecule has 0 aliphatic carbocycles. The first-order valence-electron chi connectivity index (χ1n) is 5.77. The molecule has 0 bridgehead atoms. The minimum atomic E-state index is -0.716. The molecule has 0 fully saturated rings. The molecule has 0 spiro atoms. The zero-order valence-corrected chi connectivity index (χ0v) is 9.64. The van der Waals surface area contributed by atoms with Crippen LogP contribution >= 0.6 is 0 Å². The first kappa shape index (κ1) is 10.9. The van der Waals surface area contributed by atoms with Gasteiger partial charge < -0.3 is 4.90 Å². The van der Waals surface area contributed by atoms with Crippen LogP contribution < -0.4 is 4.90 Å². The van der Waals surface area contributed by atoms with Crippen LogP contribution in [0.4, 0.5) is 10.1 Å². The third-order valence-corrected chi connectivity index (χ3v) is 3.12. The topological polar surface area (TPSA) is 33.2 Å². The van der Waals surface area contributed by atoms with E-state index in [1.54, 1.807) is 11.0 Å². The number of anilines is 1. The summed E-state index contributed by atoms with van der Waals surface area (Å²) in [7, 11) is 0. The van der Waals surface area contributed by atoms with E-state index in [0.717, 1.165) is 17.7 Å². The Morgan fingerprint density at radius 3 is 2.89 bits per heavy atom. The normalized spacial score (nSPS) is 13.5. The molecule has 0 N–H and O–H groups in total.